The maximum atomic E-state index is 12.4. The van der Waals surface area contributed by atoms with Crippen molar-refractivity contribution in [2.24, 2.45) is 10.2 Å². The van der Waals surface area contributed by atoms with E-state index in [4.69, 9.17) is 11.2 Å². The van der Waals surface area contributed by atoms with Gasteiger partial charge in [0.25, 0.3) is 0 Å². The summed E-state index contributed by atoms with van der Waals surface area (Å²) in [6.45, 7) is 5.09. The zero-order valence-electron chi connectivity index (χ0n) is 12.3. The van der Waals surface area contributed by atoms with Crippen LogP contribution in [0.4, 0.5) is 0 Å². The van der Waals surface area contributed by atoms with E-state index in [0.717, 1.165) is 45.8 Å². The third kappa shape index (κ3) is 3.42. The van der Waals surface area contributed by atoms with E-state index in [1.54, 1.807) is 0 Å². The Hall–Kier alpha value is -1.45. The van der Waals surface area contributed by atoms with Gasteiger partial charge in [-0.1, -0.05) is 0 Å². The van der Waals surface area contributed by atoms with Gasteiger partial charge in [-0.05, 0) is 0 Å². The van der Waals surface area contributed by atoms with E-state index in [1.165, 1.54) is 0 Å². The summed E-state index contributed by atoms with van der Waals surface area (Å²) in [6.07, 6.45) is 7.90. The molecule has 0 saturated carbocycles. The van der Waals surface area contributed by atoms with Gasteiger partial charge in [-0.2, -0.15) is 10.2 Å². The van der Waals surface area contributed by atoms with Gasteiger partial charge in [-0.25, -0.2) is 0 Å². The Balaban J connectivity index is 1.44. The lowest BCUT2D eigenvalue weighted by Gasteiger charge is -2.43. The fourth-order valence-corrected chi connectivity index (χ4v) is 3.11. The number of fused-ring (bicyclic) bond motifs is 1. The molecule has 0 bridgehead atoms. The molecule has 3 heterocycles. The summed E-state index contributed by atoms with van der Waals surface area (Å²) in [5, 5.41) is 8.17. The highest BCUT2D eigenvalue weighted by molar-refractivity contribution is 5.76. The summed E-state index contributed by atoms with van der Waals surface area (Å²) >= 11 is 0. The molecular formula is C15H22N4O2. The minimum absolute atomic E-state index is 0.206. The van der Waals surface area contributed by atoms with E-state index in [-0.39, 0.29) is 11.6 Å². The van der Waals surface area contributed by atoms with Crippen LogP contribution in [0.1, 0.15) is 25.7 Å². The van der Waals surface area contributed by atoms with Gasteiger partial charge in [0.15, 0.2) is 5.66 Å². The van der Waals surface area contributed by atoms with E-state index >= 15 is 0 Å². The largest absolute Gasteiger partial charge is 0.378 e. The van der Waals surface area contributed by atoms with E-state index in [2.05, 4.69) is 21.0 Å². The minimum Gasteiger partial charge on any atom is -0.378 e. The fraction of sp³-hybridized carbons (Fsp3) is 0.800. The Morgan fingerprint density at radius 3 is 2.95 bits per heavy atom. The predicted octanol–water partition coefficient (Wildman–Crippen LogP) is 0.885. The predicted molar refractivity (Wildman–Crippen MR) is 77.6 cm³/mol. The number of piperazine rings is 1. The second-order valence-electron chi connectivity index (χ2n) is 5.99. The molecule has 1 amide bonds. The van der Waals surface area contributed by atoms with Gasteiger partial charge in [0, 0.05) is 51.9 Å². The van der Waals surface area contributed by atoms with E-state index < -0.39 is 0 Å². The number of carbonyl (C=O) groups excluding carboxylic acids is 1. The van der Waals surface area contributed by atoms with Crippen molar-refractivity contribution in [3.05, 3.63) is 0 Å². The number of morpholine rings is 1. The standard InChI is InChI=1S/C15H22N4O2/c1-2-3-5-15(16-17-15)6-4-14(20)19-8-7-18-9-10-21-12-13(18)11-19/h1,13H,3-12H2. The van der Waals surface area contributed by atoms with Crippen molar-refractivity contribution in [2.75, 3.05) is 39.4 Å². The molecule has 1 atom stereocenters. The third-order valence-electron chi connectivity index (χ3n) is 4.58. The maximum absolute atomic E-state index is 12.4. The lowest BCUT2D eigenvalue weighted by molar-refractivity contribution is -0.137. The first-order chi connectivity index (χ1) is 10.2. The van der Waals surface area contributed by atoms with Crippen LogP contribution in [0.2, 0.25) is 0 Å². The molecule has 3 rings (SSSR count). The summed E-state index contributed by atoms with van der Waals surface area (Å²) in [5.41, 5.74) is -0.349. The number of terminal acetylenes is 1. The van der Waals surface area contributed by atoms with Gasteiger partial charge < -0.3 is 9.64 Å². The van der Waals surface area contributed by atoms with Crippen LogP contribution in [-0.2, 0) is 9.53 Å². The molecule has 0 aliphatic carbocycles. The summed E-state index contributed by atoms with van der Waals surface area (Å²) in [7, 11) is 0. The highest BCUT2D eigenvalue weighted by Crippen LogP contribution is 2.37. The van der Waals surface area contributed by atoms with Gasteiger partial charge in [-0.15, -0.1) is 12.3 Å². The molecule has 3 aliphatic rings. The molecule has 0 aromatic carbocycles. The van der Waals surface area contributed by atoms with Crippen LogP contribution in [0.25, 0.3) is 0 Å². The Morgan fingerprint density at radius 2 is 2.19 bits per heavy atom. The number of amides is 1. The zero-order chi connectivity index (χ0) is 14.7. The summed E-state index contributed by atoms with van der Waals surface area (Å²) in [5.74, 6) is 2.82. The maximum Gasteiger partial charge on any atom is 0.222 e. The molecular weight excluding hydrogens is 268 g/mol. The third-order valence-corrected chi connectivity index (χ3v) is 4.58. The normalized spacial score (nSPS) is 27.0. The van der Waals surface area contributed by atoms with Crippen molar-refractivity contribution in [2.45, 2.75) is 37.4 Å². The Labute approximate surface area is 125 Å². The molecule has 3 aliphatic heterocycles. The number of carbonyl (C=O) groups is 1. The molecule has 6 nitrogen and oxygen atoms in total. The minimum atomic E-state index is -0.349. The van der Waals surface area contributed by atoms with Crippen molar-refractivity contribution in [3.8, 4) is 12.3 Å². The lowest BCUT2D eigenvalue weighted by Crippen LogP contribution is -2.59. The summed E-state index contributed by atoms with van der Waals surface area (Å²) < 4.78 is 5.51. The van der Waals surface area contributed by atoms with Crippen LogP contribution in [0.15, 0.2) is 10.2 Å². The average molecular weight is 290 g/mol. The second-order valence-corrected chi connectivity index (χ2v) is 5.99. The molecule has 21 heavy (non-hydrogen) atoms. The van der Waals surface area contributed by atoms with E-state index in [1.807, 2.05) is 4.90 Å². The van der Waals surface area contributed by atoms with Gasteiger partial charge in [-0.3, -0.25) is 9.69 Å². The van der Waals surface area contributed by atoms with Gasteiger partial charge >= 0.3 is 0 Å². The van der Waals surface area contributed by atoms with Crippen molar-refractivity contribution in [1.82, 2.24) is 9.80 Å². The topological polar surface area (TPSA) is 57.5 Å². The molecule has 0 spiro atoms. The van der Waals surface area contributed by atoms with Crippen molar-refractivity contribution < 1.29 is 9.53 Å². The molecule has 6 heteroatoms. The quantitative estimate of drug-likeness (QED) is 0.706. The van der Waals surface area contributed by atoms with Crippen LogP contribution in [0.5, 0.6) is 0 Å². The highest BCUT2D eigenvalue weighted by Gasteiger charge is 2.40. The Bertz CT molecular complexity index is 465. The van der Waals surface area contributed by atoms with Gasteiger partial charge in [0.2, 0.25) is 5.91 Å². The van der Waals surface area contributed by atoms with Gasteiger partial charge in [0.1, 0.15) is 0 Å². The van der Waals surface area contributed by atoms with Gasteiger partial charge in [0.05, 0.1) is 19.3 Å². The molecule has 0 aromatic heterocycles. The summed E-state index contributed by atoms with van der Waals surface area (Å²) in [4.78, 5) is 16.8. The number of hydrogen-bond donors (Lipinski definition) is 0. The first kappa shape index (κ1) is 14.5. The zero-order valence-corrected chi connectivity index (χ0v) is 12.3. The average Bonchev–Trinajstić information content (AvgIpc) is 3.30. The molecule has 0 aromatic rings. The number of hydrogen-bond acceptors (Lipinski definition) is 5. The number of rotatable bonds is 5. The van der Waals surface area contributed by atoms with Crippen LogP contribution in [0, 0.1) is 12.3 Å². The number of nitrogens with zero attached hydrogens (tertiary/aromatic N) is 4. The molecule has 114 valence electrons. The number of ether oxygens (including phenoxy) is 1. The van der Waals surface area contributed by atoms with Crippen LogP contribution in [0.3, 0.4) is 0 Å². The Kier molecular flexibility index (Phi) is 4.22. The molecule has 0 N–H and O–H groups in total. The van der Waals surface area contributed by atoms with Crippen molar-refractivity contribution in [1.29, 1.82) is 0 Å². The first-order valence-electron chi connectivity index (χ1n) is 7.69. The van der Waals surface area contributed by atoms with Crippen molar-refractivity contribution in [3.63, 3.8) is 0 Å². The SMILES string of the molecule is C#CCCC1(CCC(=O)N2CCN3CCOCC3C2)N=N1. The molecule has 2 saturated heterocycles. The first-order valence-corrected chi connectivity index (χ1v) is 7.69. The molecule has 1 unspecified atom stereocenters. The monoisotopic (exact) mass is 290 g/mol. The molecule has 0 radical (unpaired) electrons. The Morgan fingerprint density at radius 1 is 1.33 bits per heavy atom. The van der Waals surface area contributed by atoms with Crippen LogP contribution < -0.4 is 0 Å². The van der Waals surface area contributed by atoms with Crippen LogP contribution in [-0.4, -0.2) is 66.8 Å². The molecule has 2 fully saturated rings. The van der Waals surface area contributed by atoms with Crippen LogP contribution >= 0.6 is 0 Å². The highest BCUT2D eigenvalue weighted by atomic mass is 16.5. The van der Waals surface area contributed by atoms with E-state index in [9.17, 15) is 4.79 Å². The smallest absolute Gasteiger partial charge is 0.222 e. The lowest BCUT2D eigenvalue weighted by atomic mass is 10.0. The second kappa shape index (κ2) is 6.12. The summed E-state index contributed by atoms with van der Waals surface area (Å²) in [6, 6.07) is 0.363. The fourth-order valence-electron chi connectivity index (χ4n) is 3.11. The van der Waals surface area contributed by atoms with E-state index in [0.29, 0.717) is 25.3 Å². The van der Waals surface area contributed by atoms with Crippen molar-refractivity contribution >= 4 is 5.91 Å².